The molecule has 0 saturated heterocycles. The van der Waals surface area contributed by atoms with E-state index in [4.69, 9.17) is 5.11 Å². The molecule has 1 fully saturated rings. The molecule has 2 unspecified atom stereocenters. The maximum absolute atomic E-state index is 11.1. The van der Waals surface area contributed by atoms with Crippen LogP contribution in [0.5, 0.6) is 0 Å². The van der Waals surface area contributed by atoms with Gasteiger partial charge in [-0.1, -0.05) is 12.1 Å². The second-order valence-electron chi connectivity index (χ2n) is 4.07. The highest BCUT2D eigenvalue weighted by molar-refractivity contribution is 5.95. The van der Waals surface area contributed by atoms with E-state index in [1.165, 1.54) is 6.92 Å². The number of ketones is 1. The lowest BCUT2D eigenvalue weighted by Crippen LogP contribution is -2.10. The van der Waals surface area contributed by atoms with Crippen molar-refractivity contribution in [1.29, 1.82) is 0 Å². The number of nitrogens with one attached hydrogen (secondary N) is 1. The van der Waals surface area contributed by atoms with E-state index in [1.807, 2.05) is 6.07 Å². The quantitative estimate of drug-likeness (QED) is 0.757. The van der Waals surface area contributed by atoms with Gasteiger partial charge in [0.2, 0.25) is 0 Å². The zero-order valence-corrected chi connectivity index (χ0v) is 8.93. The number of rotatable bonds is 4. The molecule has 1 saturated carbocycles. The minimum atomic E-state index is -0.764. The van der Waals surface area contributed by atoms with Crippen LogP contribution >= 0.6 is 0 Å². The van der Waals surface area contributed by atoms with Gasteiger partial charge in [0.05, 0.1) is 5.92 Å². The first-order chi connectivity index (χ1) is 7.58. The van der Waals surface area contributed by atoms with E-state index in [2.05, 4.69) is 5.32 Å². The van der Waals surface area contributed by atoms with Crippen molar-refractivity contribution in [2.24, 2.45) is 5.92 Å². The molecule has 2 atom stereocenters. The van der Waals surface area contributed by atoms with Crippen LogP contribution in [0.2, 0.25) is 0 Å². The van der Waals surface area contributed by atoms with Gasteiger partial charge in [-0.25, -0.2) is 0 Å². The summed E-state index contributed by atoms with van der Waals surface area (Å²) in [6.45, 7) is 1.51. The van der Waals surface area contributed by atoms with Crippen molar-refractivity contribution in [3.8, 4) is 0 Å². The van der Waals surface area contributed by atoms with Gasteiger partial charge in [-0.15, -0.1) is 0 Å². The number of hydrogen-bond donors (Lipinski definition) is 2. The second-order valence-corrected chi connectivity index (χ2v) is 4.07. The molecule has 0 heterocycles. The lowest BCUT2D eigenvalue weighted by molar-refractivity contribution is -0.138. The molecule has 0 aromatic heterocycles. The molecule has 0 amide bonds. The van der Waals surface area contributed by atoms with E-state index < -0.39 is 5.97 Å². The zero-order chi connectivity index (χ0) is 11.7. The highest BCUT2D eigenvalue weighted by Gasteiger charge is 2.43. The number of carbonyl (C=O) groups excluding carboxylic acids is 1. The molecular formula is C12H13NO3. The molecule has 0 radical (unpaired) electrons. The highest BCUT2D eigenvalue weighted by Crippen LogP contribution is 2.33. The fourth-order valence-electron chi connectivity index (χ4n) is 1.67. The van der Waals surface area contributed by atoms with Gasteiger partial charge in [0.1, 0.15) is 0 Å². The van der Waals surface area contributed by atoms with E-state index in [1.54, 1.807) is 18.2 Å². The predicted octanol–water partition coefficient (Wildman–Crippen LogP) is 1.77. The Bertz CT molecular complexity index is 442. The Labute approximate surface area is 93.3 Å². The van der Waals surface area contributed by atoms with Crippen molar-refractivity contribution in [2.75, 3.05) is 5.32 Å². The molecule has 1 aromatic carbocycles. The standard InChI is InChI=1S/C12H13NO3/c1-7(14)8-3-2-4-9(5-8)13-11-6-10(11)12(15)16/h2-5,10-11,13H,6H2,1H3,(H,15,16). The Morgan fingerprint density at radius 3 is 2.75 bits per heavy atom. The maximum atomic E-state index is 11.1. The summed E-state index contributed by atoms with van der Waals surface area (Å²) in [5, 5.41) is 11.9. The SMILES string of the molecule is CC(=O)c1cccc(NC2CC2C(=O)O)c1. The van der Waals surface area contributed by atoms with Gasteiger partial charge in [-0.2, -0.15) is 0 Å². The number of carboxylic acids is 1. The number of anilines is 1. The normalized spacial score (nSPS) is 22.6. The molecule has 0 bridgehead atoms. The van der Waals surface area contributed by atoms with Crippen LogP contribution in [0, 0.1) is 5.92 Å². The third-order valence-corrected chi connectivity index (χ3v) is 2.73. The molecule has 4 heteroatoms. The largest absolute Gasteiger partial charge is 0.481 e. The monoisotopic (exact) mass is 219 g/mol. The van der Waals surface area contributed by atoms with Gasteiger partial charge in [-0.3, -0.25) is 9.59 Å². The lowest BCUT2D eigenvalue weighted by Gasteiger charge is -2.05. The first-order valence-corrected chi connectivity index (χ1v) is 5.18. The third kappa shape index (κ3) is 2.21. The van der Waals surface area contributed by atoms with Crippen molar-refractivity contribution in [2.45, 2.75) is 19.4 Å². The number of carbonyl (C=O) groups is 2. The molecule has 0 spiro atoms. The van der Waals surface area contributed by atoms with Crippen LogP contribution in [-0.4, -0.2) is 22.9 Å². The van der Waals surface area contributed by atoms with Gasteiger partial charge in [0, 0.05) is 17.3 Å². The molecule has 1 aromatic rings. The van der Waals surface area contributed by atoms with Gasteiger partial charge >= 0.3 is 5.97 Å². The average Bonchev–Trinajstić information content (AvgIpc) is 2.97. The Balaban J connectivity index is 2.03. The smallest absolute Gasteiger partial charge is 0.308 e. The summed E-state index contributed by atoms with van der Waals surface area (Å²) in [7, 11) is 0. The van der Waals surface area contributed by atoms with Crippen LogP contribution in [0.3, 0.4) is 0 Å². The molecule has 1 aliphatic rings. The van der Waals surface area contributed by atoms with E-state index in [0.717, 1.165) is 5.69 Å². The third-order valence-electron chi connectivity index (χ3n) is 2.73. The van der Waals surface area contributed by atoms with E-state index in [0.29, 0.717) is 12.0 Å². The first kappa shape index (κ1) is 10.7. The Morgan fingerprint density at radius 1 is 1.44 bits per heavy atom. The predicted molar refractivity (Wildman–Crippen MR) is 59.6 cm³/mol. The van der Waals surface area contributed by atoms with Crippen LogP contribution in [0.1, 0.15) is 23.7 Å². The average molecular weight is 219 g/mol. The van der Waals surface area contributed by atoms with Crippen molar-refractivity contribution in [1.82, 2.24) is 0 Å². The molecule has 2 rings (SSSR count). The van der Waals surface area contributed by atoms with Crippen LogP contribution < -0.4 is 5.32 Å². The van der Waals surface area contributed by atoms with Crippen molar-refractivity contribution in [3.63, 3.8) is 0 Å². The summed E-state index contributed by atoms with van der Waals surface area (Å²) in [5.41, 5.74) is 1.44. The van der Waals surface area contributed by atoms with Crippen LogP contribution in [-0.2, 0) is 4.79 Å². The van der Waals surface area contributed by atoms with Crippen LogP contribution in [0.25, 0.3) is 0 Å². The Kier molecular flexibility index (Phi) is 2.64. The summed E-state index contributed by atoms with van der Waals surface area (Å²) in [5.74, 6) is -1.05. The summed E-state index contributed by atoms with van der Waals surface area (Å²) in [6, 6.07) is 7.12. The van der Waals surface area contributed by atoms with Gasteiger partial charge in [0.25, 0.3) is 0 Å². The Morgan fingerprint density at radius 2 is 2.19 bits per heavy atom. The molecule has 16 heavy (non-hydrogen) atoms. The van der Waals surface area contributed by atoms with Crippen LogP contribution in [0.4, 0.5) is 5.69 Å². The summed E-state index contributed by atoms with van der Waals surface area (Å²) in [4.78, 5) is 21.8. The molecule has 84 valence electrons. The fourth-order valence-corrected chi connectivity index (χ4v) is 1.67. The second kappa shape index (κ2) is 3.96. The molecule has 4 nitrogen and oxygen atoms in total. The Hall–Kier alpha value is -1.84. The molecule has 0 aliphatic heterocycles. The minimum absolute atomic E-state index is 0.000270. The summed E-state index contributed by atoms with van der Waals surface area (Å²) >= 11 is 0. The molecule has 1 aliphatic carbocycles. The number of hydrogen-bond acceptors (Lipinski definition) is 3. The van der Waals surface area contributed by atoms with E-state index in [9.17, 15) is 9.59 Å². The summed E-state index contributed by atoms with van der Waals surface area (Å²) in [6.07, 6.45) is 0.652. The molecule has 2 N–H and O–H groups in total. The maximum Gasteiger partial charge on any atom is 0.308 e. The lowest BCUT2D eigenvalue weighted by atomic mass is 10.1. The molecular weight excluding hydrogens is 206 g/mol. The van der Waals surface area contributed by atoms with Gasteiger partial charge < -0.3 is 10.4 Å². The fraction of sp³-hybridized carbons (Fsp3) is 0.333. The van der Waals surface area contributed by atoms with Crippen molar-refractivity contribution in [3.05, 3.63) is 29.8 Å². The number of benzene rings is 1. The summed E-state index contributed by atoms with van der Waals surface area (Å²) < 4.78 is 0. The van der Waals surface area contributed by atoms with Gasteiger partial charge in [0.15, 0.2) is 5.78 Å². The number of Topliss-reactive ketones (excluding diaryl/α,β-unsaturated/α-hetero) is 1. The minimum Gasteiger partial charge on any atom is -0.481 e. The van der Waals surface area contributed by atoms with E-state index in [-0.39, 0.29) is 17.7 Å². The number of carboxylic acid groups (broad SMARTS) is 1. The van der Waals surface area contributed by atoms with E-state index >= 15 is 0 Å². The highest BCUT2D eigenvalue weighted by atomic mass is 16.4. The zero-order valence-electron chi connectivity index (χ0n) is 8.93. The van der Waals surface area contributed by atoms with Crippen LogP contribution in [0.15, 0.2) is 24.3 Å². The van der Waals surface area contributed by atoms with Crippen molar-refractivity contribution < 1.29 is 14.7 Å². The van der Waals surface area contributed by atoms with Gasteiger partial charge in [-0.05, 0) is 25.5 Å². The first-order valence-electron chi connectivity index (χ1n) is 5.18. The topological polar surface area (TPSA) is 66.4 Å². The van der Waals surface area contributed by atoms with Crippen molar-refractivity contribution >= 4 is 17.4 Å². The number of aliphatic carboxylic acids is 1.